The molecule has 1 fully saturated rings. The maximum absolute atomic E-state index is 12.1. The minimum Gasteiger partial charge on any atom is -0.465 e. The van der Waals surface area contributed by atoms with Gasteiger partial charge in [0.25, 0.3) is 0 Å². The summed E-state index contributed by atoms with van der Waals surface area (Å²) in [5.41, 5.74) is 5.87. The van der Waals surface area contributed by atoms with Gasteiger partial charge in [0, 0.05) is 19.6 Å². The Morgan fingerprint density at radius 1 is 1.52 bits per heavy atom. The lowest BCUT2D eigenvalue weighted by Crippen LogP contribution is -2.43. The number of nitrogens with one attached hydrogen (secondary N) is 1. The van der Waals surface area contributed by atoms with Crippen molar-refractivity contribution in [3.05, 3.63) is 23.2 Å². The van der Waals surface area contributed by atoms with Crippen molar-refractivity contribution in [1.29, 1.82) is 0 Å². The lowest BCUT2D eigenvalue weighted by Gasteiger charge is -2.31. The average Bonchev–Trinajstić information content (AvgIpc) is 2.92. The summed E-state index contributed by atoms with van der Waals surface area (Å²) >= 11 is 0. The lowest BCUT2D eigenvalue weighted by atomic mass is 9.97. The third-order valence-electron chi connectivity index (χ3n) is 4.07. The summed E-state index contributed by atoms with van der Waals surface area (Å²) < 4.78 is 10.4. The molecule has 7 nitrogen and oxygen atoms in total. The largest absolute Gasteiger partial charge is 0.465 e. The van der Waals surface area contributed by atoms with E-state index in [1.165, 1.54) is 7.11 Å². The quantitative estimate of drug-likeness (QED) is 0.747. The van der Waals surface area contributed by atoms with Crippen LogP contribution in [-0.4, -0.2) is 50.1 Å². The first kappa shape index (κ1) is 17.5. The van der Waals surface area contributed by atoms with E-state index in [2.05, 4.69) is 10.2 Å². The monoisotopic (exact) mass is 323 g/mol. The highest BCUT2D eigenvalue weighted by molar-refractivity contribution is 5.90. The van der Waals surface area contributed by atoms with Gasteiger partial charge in [0.05, 0.1) is 19.6 Å². The Kier molecular flexibility index (Phi) is 6.18. The molecule has 128 valence electrons. The highest BCUT2D eigenvalue weighted by Crippen LogP contribution is 2.21. The summed E-state index contributed by atoms with van der Waals surface area (Å²) in [6.45, 7) is 4.88. The van der Waals surface area contributed by atoms with E-state index in [1.54, 1.807) is 13.0 Å². The number of furan rings is 1. The van der Waals surface area contributed by atoms with Gasteiger partial charge in [-0.25, -0.2) is 4.79 Å². The SMILES string of the molecule is COC(=O)c1cc(CN2CCCC(C(=O)NCCN)C2)oc1C. The fourth-order valence-corrected chi connectivity index (χ4v) is 2.91. The number of nitrogens with zero attached hydrogens (tertiary/aromatic N) is 1. The van der Waals surface area contributed by atoms with Crippen LogP contribution in [0.2, 0.25) is 0 Å². The van der Waals surface area contributed by atoms with E-state index in [4.69, 9.17) is 14.9 Å². The zero-order valence-electron chi connectivity index (χ0n) is 13.8. The number of nitrogens with two attached hydrogens (primary N) is 1. The molecule has 3 N–H and O–H groups in total. The van der Waals surface area contributed by atoms with Gasteiger partial charge < -0.3 is 20.2 Å². The molecular weight excluding hydrogens is 298 g/mol. The van der Waals surface area contributed by atoms with Crippen molar-refractivity contribution in [2.24, 2.45) is 11.7 Å². The number of esters is 1. The molecule has 1 aromatic rings. The van der Waals surface area contributed by atoms with E-state index in [0.29, 0.717) is 43.3 Å². The lowest BCUT2D eigenvalue weighted by molar-refractivity contribution is -0.126. The fraction of sp³-hybridized carbons (Fsp3) is 0.625. The van der Waals surface area contributed by atoms with Gasteiger partial charge in [-0.05, 0) is 32.4 Å². The highest BCUT2D eigenvalue weighted by Gasteiger charge is 2.26. The zero-order valence-corrected chi connectivity index (χ0v) is 13.8. The third kappa shape index (κ3) is 4.56. The van der Waals surface area contributed by atoms with Gasteiger partial charge in [-0.3, -0.25) is 9.69 Å². The van der Waals surface area contributed by atoms with Gasteiger partial charge in [-0.2, -0.15) is 0 Å². The topological polar surface area (TPSA) is 97.8 Å². The number of likely N-dealkylation sites (tertiary alicyclic amines) is 1. The molecule has 0 bridgehead atoms. The van der Waals surface area contributed by atoms with E-state index in [0.717, 1.165) is 19.4 Å². The first-order chi connectivity index (χ1) is 11.0. The second-order valence-corrected chi connectivity index (χ2v) is 5.83. The van der Waals surface area contributed by atoms with Crippen molar-refractivity contribution in [1.82, 2.24) is 10.2 Å². The van der Waals surface area contributed by atoms with Crippen LogP contribution in [0.3, 0.4) is 0 Å². The van der Waals surface area contributed by atoms with Crippen LogP contribution in [0.1, 0.15) is 34.7 Å². The number of ether oxygens (including phenoxy) is 1. The van der Waals surface area contributed by atoms with E-state index in [1.807, 2.05) is 0 Å². The van der Waals surface area contributed by atoms with Gasteiger partial charge in [0.1, 0.15) is 17.1 Å². The predicted octanol–water partition coefficient (Wildman–Crippen LogP) is 0.662. The van der Waals surface area contributed by atoms with Crippen molar-refractivity contribution in [3.63, 3.8) is 0 Å². The first-order valence-electron chi connectivity index (χ1n) is 7.93. The molecule has 1 amide bonds. The van der Waals surface area contributed by atoms with E-state index in [-0.39, 0.29) is 11.8 Å². The third-order valence-corrected chi connectivity index (χ3v) is 4.07. The van der Waals surface area contributed by atoms with Crippen LogP contribution in [0.25, 0.3) is 0 Å². The van der Waals surface area contributed by atoms with E-state index >= 15 is 0 Å². The Morgan fingerprint density at radius 2 is 2.30 bits per heavy atom. The Bertz CT molecular complexity index is 556. The summed E-state index contributed by atoms with van der Waals surface area (Å²) in [7, 11) is 1.35. The van der Waals surface area contributed by atoms with Crippen LogP contribution in [0.4, 0.5) is 0 Å². The van der Waals surface area contributed by atoms with Gasteiger partial charge in [-0.1, -0.05) is 0 Å². The van der Waals surface area contributed by atoms with Crippen LogP contribution in [0, 0.1) is 12.8 Å². The summed E-state index contributed by atoms with van der Waals surface area (Å²) in [5.74, 6) is 0.916. The predicted molar refractivity (Wildman–Crippen MR) is 84.8 cm³/mol. The molecule has 0 aliphatic carbocycles. The molecule has 1 aliphatic rings. The number of hydrogen-bond acceptors (Lipinski definition) is 6. The smallest absolute Gasteiger partial charge is 0.341 e. The standard InChI is InChI=1S/C16H25N3O4/c1-11-14(16(21)22-2)8-13(23-11)10-19-7-3-4-12(9-19)15(20)18-6-5-17/h8,12H,3-7,9-10,17H2,1-2H3,(H,18,20). The number of aryl methyl sites for hydroxylation is 1. The Hall–Kier alpha value is -1.86. The number of carbonyl (C=O) groups is 2. The molecule has 1 saturated heterocycles. The van der Waals surface area contributed by atoms with Crippen LogP contribution in [0.15, 0.2) is 10.5 Å². The van der Waals surface area contributed by atoms with Crippen molar-refractivity contribution >= 4 is 11.9 Å². The van der Waals surface area contributed by atoms with Crippen molar-refractivity contribution in [2.45, 2.75) is 26.3 Å². The van der Waals surface area contributed by atoms with Crippen LogP contribution in [-0.2, 0) is 16.1 Å². The van der Waals surface area contributed by atoms with Crippen LogP contribution >= 0.6 is 0 Å². The number of methoxy groups -OCH3 is 1. The van der Waals surface area contributed by atoms with Crippen LogP contribution in [0.5, 0.6) is 0 Å². The zero-order chi connectivity index (χ0) is 16.8. The maximum Gasteiger partial charge on any atom is 0.341 e. The Labute approximate surface area is 136 Å². The molecule has 0 radical (unpaired) electrons. The summed E-state index contributed by atoms with van der Waals surface area (Å²) in [5, 5.41) is 2.85. The van der Waals surface area contributed by atoms with Crippen molar-refractivity contribution in [2.75, 3.05) is 33.3 Å². The Balaban J connectivity index is 1.95. The van der Waals surface area contributed by atoms with E-state index < -0.39 is 5.97 Å². The molecule has 1 aromatic heterocycles. The molecule has 0 aromatic carbocycles. The van der Waals surface area contributed by atoms with E-state index in [9.17, 15) is 9.59 Å². The summed E-state index contributed by atoms with van der Waals surface area (Å²) in [4.78, 5) is 25.9. The molecule has 23 heavy (non-hydrogen) atoms. The molecule has 1 unspecified atom stereocenters. The normalized spacial score (nSPS) is 18.7. The maximum atomic E-state index is 12.1. The number of carbonyl (C=O) groups excluding carboxylic acids is 2. The average molecular weight is 323 g/mol. The minimum atomic E-state index is -0.393. The minimum absolute atomic E-state index is 0.0218. The van der Waals surface area contributed by atoms with Gasteiger partial charge >= 0.3 is 5.97 Å². The summed E-state index contributed by atoms with van der Waals surface area (Å²) in [6, 6.07) is 1.72. The Morgan fingerprint density at radius 3 is 3.00 bits per heavy atom. The summed E-state index contributed by atoms with van der Waals surface area (Å²) in [6.07, 6.45) is 1.85. The molecule has 1 atom stereocenters. The molecule has 2 heterocycles. The molecule has 7 heteroatoms. The van der Waals surface area contributed by atoms with Gasteiger partial charge in [-0.15, -0.1) is 0 Å². The number of rotatable bonds is 6. The van der Waals surface area contributed by atoms with Gasteiger partial charge in [0.2, 0.25) is 5.91 Å². The second kappa shape index (κ2) is 8.12. The molecule has 0 spiro atoms. The first-order valence-corrected chi connectivity index (χ1v) is 7.93. The van der Waals surface area contributed by atoms with Crippen LogP contribution < -0.4 is 11.1 Å². The molecular formula is C16H25N3O4. The van der Waals surface area contributed by atoms with Gasteiger partial charge in [0.15, 0.2) is 0 Å². The fourth-order valence-electron chi connectivity index (χ4n) is 2.91. The molecule has 0 saturated carbocycles. The highest BCUT2D eigenvalue weighted by atomic mass is 16.5. The number of piperidine rings is 1. The van der Waals surface area contributed by atoms with Crippen molar-refractivity contribution in [3.8, 4) is 0 Å². The molecule has 1 aliphatic heterocycles. The number of hydrogen-bond donors (Lipinski definition) is 2. The second-order valence-electron chi connectivity index (χ2n) is 5.83. The molecule has 2 rings (SSSR count). The van der Waals surface area contributed by atoms with Crippen molar-refractivity contribution < 1.29 is 18.7 Å². The number of amides is 1.